The van der Waals surface area contributed by atoms with Gasteiger partial charge in [0, 0.05) is 18.5 Å². The minimum Gasteiger partial charge on any atom is -0.395 e. The smallest absolute Gasteiger partial charge is 0.224 e. The fraction of sp³-hybridized carbons (Fsp3) is 0.400. The van der Waals surface area contributed by atoms with Crippen LogP contribution in [-0.4, -0.2) is 17.6 Å². The summed E-state index contributed by atoms with van der Waals surface area (Å²) in [6, 6.07) is 4.33. The predicted octanol–water partition coefficient (Wildman–Crippen LogP) is 2.30. The van der Waals surface area contributed by atoms with E-state index >= 15 is 0 Å². The van der Waals surface area contributed by atoms with Gasteiger partial charge in [-0.05, 0) is 37.0 Å². The maximum Gasteiger partial charge on any atom is 0.224 e. The van der Waals surface area contributed by atoms with Gasteiger partial charge in [0.25, 0.3) is 0 Å². The van der Waals surface area contributed by atoms with E-state index in [2.05, 4.69) is 17.2 Å². The van der Waals surface area contributed by atoms with E-state index in [0.717, 1.165) is 12.8 Å². The Morgan fingerprint density at radius 2 is 2.26 bits per heavy atom. The highest BCUT2D eigenvalue weighted by molar-refractivity contribution is 5.91. The molecule has 1 aliphatic carbocycles. The van der Waals surface area contributed by atoms with Crippen LogP contribution in [0.2, 0.25) is 0 Å². The minimum atomic E-state index is -0.425. The number of aliphatic hydroxyl groups excluding tert-OH is 1. The molecule has 1 fully saturated rings. The molecular formula is C15H16FNO2. The monoisotopic (exact) mass is 261 g/mol. The summed E-state index contributed by atoms with van der Waals surface area (Å²) in [4.78, 5) is 11.6. The van der Waals surface area contributed by atoms with Crippen molar-refractivity contribution in [1.82, 2.24) is 0 Å². The summed E-state index contributed by atoms with van der Waals surface area (Å²) >= 11 is 0. The van der Waals surface area contributed by atoms with Crippen LogP contribution in [-0.2, 0) is 4.79 Å². The fourth-order valence-electron chi connectivity index (χ4n) is 1.71. The largest absolute Gasteiger partial charge is 0.395 e. The molecule has 0 aromatic heterocycles. The van der Waals surface area contributed by atoms with Crippen molar-refractivity contribution in [3.8, 4) is 11.8 Å². The number of rotatable bonds is 4. The van der Waals surface area contributed by atoms with E-state index < -0.39 is 5.82 Å². The SMILES string of the molecule is O=C(CC1CC1)Nc1ccc(F)c(C#CCCO)c1. The van der Waals surface area contributed by atoms with Crippen molar-refractivity contribution in [3.05, 3.63) is 29.6 Å². The molecular weight excluding hydrogens is 245 g/mol. The number of halogens is 1. The molecule has 1 amide bonds. The van der Waals surface area contributed by atoms with E-state index in [1.165, 1.54) is 18.2 Å². The Balaban J connectivity index is 2.02. The number of benzene rings is 1. The third-order valence-corrected chi connectivity index (χ3v) is 2.88. The van der Waals surface area contributed by atoms with Gasteiger partial charge in [-0.15, -0.1) is 0 Å². The molecule has 0 aliphatic heterocycles. The van der Waals surface area contributed by atoms with Crippen LogP contribution in [0.3, 0.4) is 0 Å². The second-order valence-corrected chi connectivity index (χ2v) is 4.67. The second-order valence-electron chi connectivity index (χ2n) is 4.67. The molecule has 3 nitrogen and oxygen atoms in total. The topological polar surface area (TPSA) is 49.3 Å². The third-order valence-electron chi connectivity index (χ3n) is 2.88. The molecule has 0 unspecified atom stereocenters. The molecule has 19 heavy (non-hydrogen) atoms. The van der Waals surface area contributed by atoms with Crippen molar-refractivity contribution in [2.45, 2.75) is 25.7 Å². The Morgan fingerprint density at radius 1 is 1.47 bits per heavy atom. The Hall–Kier alpha value is -1.86. The van der Waals surface area contributed by atoms with Gasteiger partial charge in [0.2, 0.25) is 5.91 Å². The van der Waals surface area contributed by atoms with Gasteiger partial charge in [-0.25, -0.2) is 4.39 Å². The number of amides is 1. The highest BCUT2D eigenvalue weighted by Crippen LogP contribution is 2.32. The summed E-state index contributed by atoms with van der Waals surface area (Å²) in [5, 5.41) is 11.4. The average Bonchev–Trinajstić information content (AvgIpc) is 3.17. The standard InChI is InChI=1S/C15H16FNO2/c16-14-7-6-13(10-12(14)3-1-2-8-18)17-15(19)9-11-4-5-11/h6-7,10-11,18H,2,4-5,8-9H2,(H,17,19). The molecule has 2 rings (SSSR count). The van der Waals surface area contributed by atoms with Crippen molar-refractivity contribution < 1.29 is 14.3 Å². The molecule has 1 aromatic carbocycles. The zero-order chi connectivity index (χ0) is 13.7. The van der Waals surface area contributed by atoms with Crippen LogP contribution in [0.5, 0.6) is 0 Å². The van der Waals surface area contributed by atoms with Crippen LogP contribution in [0.25, 0.3) is 0 Å². The van der Waals surface area contributed by atoms with E-state index in [0.29, 0.717) is 24.4 Å². The van der Waals surface area contributed by atoms with Crippen molar-refractivity contribution in [2.75, 3.05) is 11.9 Å². The molecule has 0 spiro atoms. The van der Waals surface area contributed by atoms with Gasteiger partial charge in [0.05, 0.1) is 12.2 Å². The number of aliphatic hydroxyl groups is 1. The fourth-order valence-corrected chi connectivity index (χ4v) is 1.71. The van der Waals surface area contributed by atoms with Crippen LogP contribution in [0.15, 0.2) is 18.2 Å². The lowest BCUT2D eigenvalue weighted by Crippen LogP contribution is -2.12. The maximum absolute atomic E-state index is 13.5. The highest BCUT2D eigenvalue weighted by Gasteiger charge is 2.24. The number of hydrogen-bond acceptors (Lipinski definition) is 2. The van der Waals surface area contributed by atoms with Gasteiger partial charge >= 0.3 is 0 Å². The van der Waals surface area contributed by atoms with Gasteiger partial charge < -0.3 is 10.4 Å². The molecule has 0 saturated heterocycles. The van der Waals surface area contributed by atoms with E-state index in [9.17, 15) is 9.18 Å². The molecule has 4 heteroatoms. The molecule has 100 valence electrons. The molecule has 0 atom stereocenters. The summed E-state index contributed by atoms with van der Waals surface area (Å²) in [5.74, 6) is 5.36. The molecule has 2 N–H and O–H groups in total. The zero-order valence-electron chi connectivity index (χ0n) is 10.6. The minimum absolute atomic E-state index is 0.0385. The summed E-state index contributed by atoms with van der Waals surface area (Å²) < 4.78 is 13.5. The predicted molar refractivity (Wildman–Crippen MR) is 71.0 cm³/mol. The number of hydrogen-bond donors (Lipinski definition) is 2. The van der Waals surface area contributed by atoms with E-state index in [1.807, 2.05) is 0 Å². The molecule has 1 aromatic rings. The summed E-state index contributed by atoms with van der Waals surface area (Å²) in [5.41, 5.74) is 0.790. The summed E-state index contributed by atoms with van der Waals surface area (Å²) in [7, 11) is 0. The van der Waals surface area contributed by atoms with Crippen LogP contribution >= 0.6 is 0 Å². The summed E-state index contributed by atoms with van der Waals surface area (Å²) in [6.07, 6.45) is 3.07. The van der Waals surface area contributed by atoms with Crippen LogP contribution in [0.1, 0.15) is 31.2 Å². The van der Waals surface area contributed by atoms with Crippen molar-refractivity contribution in [3.63, 3.8) is 0 Å². The van der Waals surface area contributed by atoms with Crippen molar-refractivity contribution in [2.24, 2.45) is 5.92 Å². The Morgan fingerprint density at radius 3 is 2.95 bits per heavy atom. The number of nitrogens with one attached hydrogen (secondary N) is 1. The first-order valence-corrected chi connectivity index (χ1v) is 6.38. The van der Waals surface area contributed by atoms with Gasteiger partial charge in [-0.1, -0.05) is 11.8 Å². The Kier molecular flexibility index (Phi) is 4.53. The number of anilines is 1. The maximum atomic E-state index is 13.5. The van der Waals surface area contributed by atoms with E-state index in [4.69, 9.17) is 5.11 Å². The first kappa shape index (κ1) is 13.6. The first-order valence-electron chi connectivity index (χ1n) is 6.38. The van der Waals surface area contributed by atoms with Gasteiger partial charge in [-0.2, -0.15) is 0 Å². The number of carbonyl (C=O) groups is 1. The molecule has 0 heterocycles. The lowest BCUT2D eigenvalue weighted by Gasteiger charge is -2.05. The number of carbonyl (C=O) groups excluding carboxylic acids is 1. The first-order chi connectivity index (χ1) is 9.19. The summed E-state index contributed by atoms with van der Waals surface area (Å²) in [6.45, 7) is -0.0492. The van der Waals surface area contributed by atoms with Crippen LogP contribution in [0, 0.1) is 23.6 Å². The lowest BCUT2D eigenvalue weighted by atomic mass is 10.1. The van der Waals surface area contributed by atoms with Crippen molar-refractivity contribution in [1.29, 1.82) is 0 Å². The zero-order valence-corrected chi connectivity index (χ0v) is 10.6. The quantitative estimate of drug-likeness (QED) is 0.817. The highest BCUT2D eigenvalue weighted by atomic mass is 19.1. The van der Waals surface area contributed by atoms with Gasteiger partial charge in [0.1, 0.15) is 5.82 Å². The van der Waals surface area contributed by atoms with Gasteiger partial charge in [-0.3, -0.25) is 4.79 Å². The molecule has 1 aliphatic rings. The average molecular weight is 261 g/mol. The molecule has 0 radical (unpaired) electrons. The molecule has 1 saturated carbocycles. The second kappa shape index (κ2) is 6.35. The third kappa shape index (κ3) is 4.38. The Bertz CT molecular complexity index is 527. The normalized spacial score (nSPS) is 13.6. The van der Waals surface area contributed by atoms with E-state index in [1.54, 1.807) is 0 Å². The lowest BCUT2D eigenvalue weighted by molar-refractivity contribution is -0.116. The van der Waals surface area contributed by atoms with E-state index in [-0.39, 0.29) is 18.1 Å². The van der Waals surface area contributed by atoms with Crippen LogP contribution < -0.4 is 5.32 Å². The van der Waals surface area contributed by atoms with Gasteiger partial charge in [0.15, 0.2) is 0 Å². The Labute approximate surface area is 111 Å². The molecule has 0 bridgehead atoms. The van der Waals surface area contributed by atoms with Crippen molar-refractivity contribution >= 4 is 11.6 Å². The van der Waals surface area contributed by atoms with Crippen LogP contribution in [0.4, 0.5) is 10.1 Å².